The second-order valence-electron chi connectivity index (χ2n) is 2.88. The molecule has 1 aromatic carbocycles. The molecule has 0 saturated carbocycles. The van der Waals surface area contributed by atoms with Gasteiger partial charge in [0.05, 0.1) is 0 Å². The molecule has 0 bridgehead atoms. The van der Waals surface area contributed by atoms with Crippen LogP contribution >= 0.6 is 0 Å². The molecule has 0 fully saturated rings. The van der Waals surface area contributed by atoms with Gasteiger partial charge >= 0.3 is 58.4 Å². The summed E-state index contributed by atoms with van der Waals surface area (Å²) < 4.78 is 47.8. The third kappa shape index (κ3) is 6.19. The van der Waals surface area contributed by atoms with Crippen molar-refractivity contribution < 1.29 is 68.7 Å². The second-order valence-corrected chi connectivity index (χ2v) is 2.88. The van der Waals surface area contributed by atoms with Crippen LogP contribution in [0.25, 0.3) is 0 Å². The van der Waals surface area contributed by atoms with Crippen molar-refractivity contribution in [1.29, 1.82) is 0 Å². The summed E-state index contributed by atoms with van der Waals surface area (Å²) in [4.78, 5) is 0. The molecule has 0 atom stereocenters. The first-order valence-corrected chi connectivity index (χ1v) is 3.93. The van der Waals surface area contributed by atoms with Gasteiger partial charge < -0.3 is 12.9 Å². The van der Waals surface area contributed by atoms with E-state index in [2.05, 4.69) is 0 Å². The van der Waals surface area contributed by atoms with E-state index in [4.69, 9.17) is 0 Å². The fraction of sp³-hybridized carbons (Fsp3) is 0.250. The number of hydrogen-bond donors (Lipinski definition) is 0. The van der Waals surface area contributed by atoms with Gasteiger partial charge in [-0.3, -0.25) is 0 Å². The minimum absolute atomic E-state index is 0. The van der Waals surface area contributed by atoms with Crippen LogP contribution in [0.1, 0.15) is 5.56 Å². The summed E-state index contributed by atoms with van der Waals surface area (Å²) in [5, 5.41) is 0. The molecule has 0 aromatic heterocycles. The molecule has 72 valence electrons. The molecule has 14 heavy (non-hydrogen) atoms. The van der Waals surface area contributed by atoms with E-state index in [-0.39, 0.29) is 57.8 Å². The van der Waals surface area contributed by atoms with Crippen LogP contribution in [-0.4, -0.2) is 6.98 Å². The Balaban J connectivity index is 0.00000169. The minimum atomic E-state index is -4.73. The Hall–Kier alpha value is 0.641. The SMILES string of the molecule is Fc1ccc(CC[B-](F)(F)F)cc1.[K+]. The van der Waals surface area contributed by atoms with Crippen molar-refractivity contribution in [1.82, 2.24) is 0 Å². The van der Waals surface area contributed by atoms with E-state index in [0.717, 1.165) is 0 Å². The molecule has 0 saturated heterocycles. The molecular weight excluding hydrogens is 222 g/mol. The molecule has 6 heteroatoms. The molecular formula is C8H8BF4K. The fourth-order valence-corrected chi connectivity index (χ4v) is 0.981. The normalized spacial score (nSPS) is 10.9. The van der Waals surface area contributed by atoms with Crippen LogP contribution in [0.15, 0.2) is 24.3 Å². The Morgan fingerprint density at radius 3 is 1.93 bits per heavy atom. The molecule has 0 radical (unpaired) electrons. The van der Waals surface area contributed by atoms with Gasteiger partial charge in [0.2, 0.25) is 0 Å². The van der Waals surface area contributed by atoms with Crippen LogP contribution in [0, 0.1) is 5.82 Å². The third-order valence-electron chi connectivity index (χ3n) is 1.67. The first kappa shape index (κ1) is 14.6. The topological polar surface area (TPSA) is 0 Å². The molecule has 0 heterocycles. The first-order valence-electron chi connectivity index (χ1n) is 3.93. The smallest absolute Gasteiger partial charge is 0.449 e. The van der Waals surface area contributed by atoms with Crippen LogP contribution in [0.2, 0.25) is 6.32 Å². The quantitative estimate of drug-likeness (QED) is 0.514. The largest absolute Gasteiger partial charge is 1.00 e. The Labute approximate surface area is 123 Å². The van der Waals surface area contributed by atoms with E-state index >= 15 is 0 Å². The van der Waals surface area contributed by atoms with Crippen molar-refractivity contribution >= 4 is 6.98 Å². The average molecular weight is 230 g/mol. The second kappa shape index (κ2) is 6.27. The van der Waals surface area contributed by atoms with Gasteiger partial charge in [0.25, 0.3) is 0 Å². The Morgan fingerprint density at radius 1 is 1.00 bits per heavy atom. The molecule has 0 amide bonds. The van der Waals surface area contributed by atoms with E-state index in [1.165, 1.54) is 24.3 Å². The zero-order valence-corrected chi connectivity index (χ0v) is 10.9. The third-order valence-corrected chi connectivity index (χ3v) is 1.67. The molecule has 0 spiro atoms. The molecule has 0 N–H and O–H groups in total. The maximum atomic E-state index is 12.3. The Kier molecular flexibility index (Phi) is 6.56. The summed E-state index contributed by atoms with van der Waals surface area (Å²) in [7, 11) is 0. The number of rotatable bonds is 3. The fourth-order valence-electron chi connectivity index (χ4n) is 0.981. The number of halogens is 4. The van der Waals surface area contributed by atoms with Gasteiger partial charge in [-0.15, -0.1) is 0 Å². The summed E-state index contributed by atoms with van der Waals surface area (Å²) >= 11 is 0. The van der Waals surface area contributed by atoms with Crippen molar-refractivity contribution in [3.8, 4) is 0 Å². The predicted molar refractivity (Wildman–Crippen MR) is 44.0 cm³/mol. The summed E-state index contributed by atoms with van der Waals surface area (Å²) in [6.07, 6.45) is -0.866. The van der Waals surface area contributed by atoms with Crippen molar-refractivity contribution in [2.75, 3.05) is 0 Å². The standard InChI is InChI=1S/C8H8BF4.K/c10-8-3-1-7(2-4-8)5-6-9(11,12)13;/h1-4H,5-6H2;/q-1;+1. The van der Waals surface area contributed by atoms with Crippen LogP contribution in [-0.2, 0) is 6.42 Å². The minimum Gasteiger partial charge on any atom is -0.449 e. The van der Waals surface area contributed by atoms with Gasteiger partial charge in [0.1, 0.15) is 5.82 Å². The molecule has 0 aliphatic carbocycles. The number of benzene rings is 1. The van der Waals surface area contributed by atoms with Crippen molar-refractivity contribution in [2.45, 2.75) is 12.7 Å². The van der Waals surface area contributed by atoms with Gasteiger partial charge in [0.15, 0.2) is 0 Å². The van der Waals surface area contributed by atoms with E-state index < -0.39 is 19.1 Å². The van der Waals surface area contributed by atoms with Crippen molar-refractivity contribution in [2.24, 2.45) is 0 Å². The van der Waals surface area contributed by atoms with Crippen LogP contribution in [0.4, 0.5) is 17.3 Å². The summed E-state index contributed by atoms with van der Waals surface area (Å²) in [5.41, 5.74) is 0.514. The molecule has 0 unspecified atom stereocenters. The molecule has 0 aliphatic rings. The van der Waals surface area contributed by atoms with Crippen molar-refractivity contribution in [3.63, 3.8) is 0 Å². The van der Waals surface area contributed by atoms with Gasteiger partial charge in [-0.05, 0) is 12.1 Å². The Bertz CT molecular complexity index is 270. The summed E-state index contributed by atoms with van der Waals surface area (Å²) in [6.45, 7) is -4.73. The number of aryl methyl sites for hydroxylation is 1. The predicted octanol–water partition coefficient (Wildman–Crippen LogP) is 0.220. The van der Waals surface area contributed by atoms with Gasteiger partial charge in [-0.2, -0.15) is 0 Å². The monoisotopic (exact) mass is 230 g/mol. The maximum absolute atomic E-state index is 12.3. The van der Waals surface area contributed by atoms with Crippen LogP contribution in [0.3, 0.4) is 0 Å². The van der Waals surface area contributed by atoms with Gasteiger partial charge in [-0.25, -0.2) is 4.39 Å². The maximum Gasteiger partial charge on any atom is 1.00 e. The van der Waals surface area contributed by atoms with Crippen molar-refractivity contribution in [3.05, 3.63) is 35.6 Å². The molecule has 1 rings (SSSR count). The number of hydrogen-bond acceptors (Lipinski definition) is 0. The van der Waals surface area contributed by atoms with E-state index in [0.29, 0.717) is 5.56 Å². The zero-order chi connectivity index (χ0) is 9.90. The summed E-state index contributed by atoms with van der Waals surface area (Å²) in [6, 6.07) is 5.08. The summed E-state index contributed by atoms with van der Waals surface area (Å²) in [5.74, 6) is -0.429. The molecule has 1 aromatic rings. The van der Waals surface area contributed by atoms with E-state index in [1.54, 1.807) is 0 Å². The molecule has 0 aliphatic heterocycles. The first-order chi connectivity index (χ1) is 5.97. The Morgan fingerprint density at radius 2 is 1.50 bits per heavy atom. The van der Waals surface area contributed by atoms with Gasteiger partial charge in [-0.1, -0.05) is 30.4 Å². The van der Waals surface area contributed by atoms with Crippen LogP contribution < -0.4 is 51.4 Å². The van der Waals surface area contributed by atoms with Crippen LogP contribution in [0.5, 0.6) is 0 Å². The van der Waals surface area contributed by atoms with E-state index in [9.17, 15) is 17.3 Å². The average Bonchev–Trinajstić information content (AvgIpc) is 2.02. The van der Waals surface area contributed by atoms with E-state index in [1.807, 2.05) is 0 Å². The van der Waals surface area contributed by atoms with Gasteiger partial charge in [0, 0.05) is 0 Å². The zero-order valence-electron chi connectivity index (χ0n) is 7.81. The molecule has 0 nitrogen and oxygen atoms in total.